The number of aliphatic imine (C=N–C) groups is 1. The molecule has 1 heterocycles. The molecule has 1 saturated carbocycles. The van der Waals surface area contributed by atoms with Gasteiger partial charge in [0, 0.05) is 54.8 Å². The van der Waals surface area contributed by atoms with Crippen LogP contribution >= 0.6 is 15.9 Å². The number of guanidine groups is 1. The number of rotatable bonds is 8. The molecule has 2 aliphatic rings. The molecule has 1 aliphatic carbocycles. The Hall–Kier alpha value is -1.76. The lowest BCUT2D eigenvalue weighted by atomic mass is 10.2. The Morgan fingerprint density at radius 1 is 1.19 bits per heavy atom. The van der Waals surface area contributed by atoms with E-state index in [-0.39, 0.29) is 5.91 Å². The van der Waals surface area contributed by atoms with Gasteiger partial charge in [-0.25, -0.2) is 0 Å². The highest BCUT2D eigenvalue weighted by Crippen LogP contribution is 2.22. The minimum absolute atomic E-state index is 0.159. The maximum atomic E-state index is 11.7. The molecular weight excluding hydrogens is 406 g/mol. The first-order valence-electron chi connectivity index (χ1n) is 9.98. The summed E-state index contributed by atoms with van der Waals surface area (Å²) in [4.78, 5) is 18.8. The Morgan fingerprint density at radius 3 is 2.67 bits per heavy atom. The monoisotopic (exact) mass is 435 g/mol. The molecule has 148 valence electrons. The van der Waals surface area contributed by atoms with Crippen LogP contribution < -0.4 is 20.9 Å². The molecule has 3 rings (SSSR count). The Balaban J connectivity index is 1.42. The summed E-state index contributed by atoms with van der Waals surface area (Å²) in [6.07, 6.45) is 4.70. The highest BCUT2D eigenvalue weighted by atomic mass is 79.9. The van der Waals surface area contributed by atoms with Crippen molar-refractivity contribution in [2.24, 2.45) is 4.99 Å². The van der Waals surface area contributed by atoms with Crippen molar-refractivity contribution in [3.63, 3.8) is 0 Å². The lowest BCUT2D eigenvalue weighted by Gasteiger charge is -2.20. The van der Waals surface area contributed by atoms with Gasteiger partial charge in [0.2, 0.25) is 5.91 Å². The van der Waals surface area contributed by atoms with Crippen LogP contribution in [0.2, 0.25) is 0 Å². The molecule has 1 aromatic rings. The van der Waals surface area contributed by atoms with E-state index in [2.05, 4.69) is 73.0 Å². The van der Waals surface area contributed by atoms with E-state index in [0.717, 1.165) is 55.7 Å². The first-order valence-corrected chi connectivity index (χ1v) is 10.8. The second-order valence-electron chi connectivity index (χ2n) is 7.26. The van der Waals surface area contributed by atoms with Crippen molar-refractivity contribution >= 4 is 33.5 Å². The van der Waals surface area contributed by atoms with E-state index < -0.39 is 0 Å². The van der Waals surface area contributed by atoms with Gasteiger partial charge in [0.25, 0.3) is 0 Å². The van der Waals surface area contributed by atoms with E-state index >= 15 is 0 Å². The minimum Gasteiger partial charge on any atom is -0.369 e. The number of amides is 1. The maximum Gasteiger partial charge on any atom is 0.220 e. The summed E-state index contributed by atoms with van der Waals surface area (Å²) in [5, 5.41) is 9.88. The molecule has 1 unspecified atom stereocenters. The van der Waals surface area contributed by atoms with Crippen LogP contribution in [-0.4, -0.2) is 50.1 Å². The fourth-order valence-corrected chi connectivity index (χ4v) is 3.50. The Bertz CT molecular complexity index is 644. The van der Waals surface area contributed by atoms with Crippen LogP contribution in [0.15, 0.2) is 33.7 Å². The van der Waals surface area contributed by atoms with E-state index in [0.29, 0.717) is 25.0 Å². The van der Waals surface area contributed by atoms with Gasteiger partial charge >= 0.3 is 0 Å². The second kappa shape index (κ2) is 9.97. The van der Waals surface area contributed by atoms with Gasteiger partial charge in [-0.1, -0.05) is 15.9 Å². The number of hydrogen-bond acceptors (Lipinski definition) is 3. The second-order valence-corrected chi connectivity index (χ2v) is 8.17. The highest BCUT2D eigenvalue weighted by Gasteiger charge is 2.24. The first-order chi connectivity index (χ1) is 13.1. The normalized spacial score (nSPS) is 19.9. The third-order valence-corrected chi connectivity index (χ3v) is 5.37. The smallest absolute Gasteiger partial charge is 0.220 e. The molecule has 0 aromatic heterocycles. The van der Waals surface area contributed by atoms with Gasteiger partial charge in [0.05, 0.1) is 0 Å². The van der Waals surface area contributed by atoms with Crippen molar-refractivity contribution < 1.29 is 4.79 Å². The number of hydrogen-bond donors (Lipinski definition) is 3. The molecule has 0 radical (unpaired) electrons. The summed E-state index contributed by atoms with van der Waals surface area (Å²) in [5.41, 5.74) is 1.26. The molecule has 1 amide bonds. The number of nitrogens with one attached hydrogen (secondary N) is 3. The zero-order valence-corrected chi connectivity index (χ0v) is 17.6. The van der Waals surface area contributed by atoms with Crippen LogP contribution in [0.1, 0.15) is 39.0 Å². The van der Waals surface area contributed by atoms with Crippen LogP contribution in [-0.2, 0) is 4.79 Å². The molecule has 0 bridgehead atoms. The van der Waals surface area contributed by atoms with Crippen LogP contribution in [0.4, 0.5) is 5.69 Å². The minimum atomic E-state index is 0.159. The highest BCUT2D eigenvalue weighted by molar-refractivity contribution is 9.10. The van der Waals surface area contributed by atoms with Crippen LogP contribution in [0.5, 0.6) is 0 Å². The number of halogens is 1. The number of carbonyl (C=O) groups is 1. The molecule has 1 atom stereocenters. The topological polar surface area (TPSA) is 68.8 Å². The number of benzene rings is 1. The van der Waals surface area contributed by atoms with Gasteiger partial charge < -0.3 is 20.9 Å². The lowest BCUT2D eigenvalue weighted by Crippen LogP contribution is -2.44. The molecule has 6 nitrogen and oxygen atoms in total. The zero-order valence-electron chi connectivity index (χ0n) is 16.0. The standard InChI is InChI=1S/C20H30BrN5O/c1-2-22-20(23-12-3-4-19(27)24-16-7-8-16)25-17-11-13-26(14-17)18-9-5-15(21)6-10-18/h5-6,9-10,16-17H,2-4,7-8,11-14H2,1H3,(H,24,27)(H2,22,23,25). The van der Waals surface area contributed by atoms with Crippen LogP contribution in [0.25, 0.3) is 0 Å². The van der Waals surface area contributed by atoms with Crippen molar-refractivity contribution in [1.82, 2.24) is 16.0 Å². The van der Waals surface area contributed by atoms with E-state index in [1.807, 2.05) is 0 Å². The molecule has 1 saturated heterocycles. The van der Waals surface area contributed by atoms with Gasteiger partial charge in [-0.05, 0) is 56.9 Å². The summed E-state index contributed by atoms with van der Waals surface area (Å²) >= 11 is 3.49. The third-order valence-electron chi connectivity index (χ3n) is 4.84. The third kappa shape index (κ3) is 6.72. The molecule has 7 heteroatoms. The average molecular weight is 436 g/mol. The number of carbonyl (C=O) groups excluding carboxylic acids is 1. The molecular formula is C20H30BrN5O. The average Bonchev–Trinajstić information content (AvgIpc) is 3.34. The summed E-state index contributed by atoms with van der Waals surface area (Å²) in [6, 6.07) is 9.29. The number of nitrogens with zero attached hydrogens (tertiary/aromatic N) is 2. The van der Waals surface area contributed by atoms with Crippen molar-refractivity contribution in [2.75, 3.05) is 31.1 Å². The fraction of sp³-hybridized carbons (Fsp3) is 0.600. The number of anilines is 1. The van der Waals surface area contributed by atoms with Crippen LogP contribution in [0.3, 0.4) is 0 Å². The van der Waals surface area contributed by atoms with Gasteiger partial charge in [-0.2, -0.15) is 0 Å². The molecule has 1 aromatic carbocycles. The summed E-state index contributed by atoms with van der Waals surface area (Å²) in [6.45, 7) is 5.58. The molecule has 0 spiro atoms. The van der Waals surface area contributed by atoms with E-state index in [1.165, 1.54) is 5.69 Å². The maximum absolute atomic E-state index is 11.7. The first kappa shape index (κ1) is 20.0. The van der Waals surface area contributed by atoms with Gasteiger partial charge in [-0.15, -0.1) is 0 Å². The largest absolute Gasteiger partial charge is 0.369 e. The van der Waals surface area contributed by atoms with Gasteiger partial charge in [0.15, 0.2) is 5.96 Å². The lowest BCUT2D eigenvalue weighted by molar-refractivity contribution is -0.121. The molecule has 1 aliphatic heterocycles. The SMILES string of the molecule is CCNC(=NCCCC(=O)NC1CC1)NC1CCN(c2ccc(Br)cc2)C1. The summed E-state index contributed by atoms with van der Waals surface area (Å²) in [5.74, 6) is 1.01. The predicted molar refractivity (Wildman–Crippen MR) is 114 cm³/mol. The Morgan fingerprint density at radius 2 is 1.96 bits per heavy atom. The molecule has 2 fully saturated rings. The molecule has 3 N–H and O–H groups in total. The van der Waals surface area contributed by atoms with Crippen molar-refractivity contribution in [3.05, 3.63) is 28.7 Å². The van der Waals surface area contributed by atoms with E-state index in [1.54, 1.807) is 0 Å². The van der Waals surface area contributed by atoms with Crippen molar-refractivity contribution in [2.45, 2.75) is 51.1 Å². The van der Waals surface area contributed by atoms with Gasteiger partial charge in [0.1, 0.15) is 0 Å². The Kier molecular flexibility index (Phi) is 7.38. The van der Waals surface area contributed by atoms with Crippen molar-refractivity contribution in [3.8, 4) is 0 Å². The van der Waals surface area contributed by atoms with Crippen LogP contribution in [0, 0.1) is 0 Å². The Labute approximate surface area is 170 Å². The predicted octanol–water partition coefficient (Wildman–Crippen LogP) is 2.64. The summed E-state index contributed by atoms with van der Waals surface area (Å²) < 4.78 is 1.10. The quantitative estimate of drug-likeness (QED) is 0.333. The zero-order chi connectivity index (χ0) is 19.1. The van der Waals surface area contributed by atoms with E-state index in [4.69, 9.17) is 0 Å². The van der Waals surface area contributed by atoms with Gasteiger partial charge in [-0.3, -0.25) is 9.79 Å². The molecule has 27 heavy (non-hydrogen) atoms. The fourth-order valence-electron chi connectivity index (χ4n) is 3.24. The van der Waals surface area contributed by atoms with E-state index in [9.17, 15) is 4.79 Å². The van der Waals surface area contributed by atoms with Crippen molar-refractivity contribution in [1.29, 1.82) is 0 Å². The summed E-state index contributed by atoms with van der Waals surface area (Å²) in [7, 11) is 0.